The molecule has 1 N–H and O–H groups in total. The van der Waals surface area contributed by atoms with Gasteiger partial charge in [0.05, 0.1) is 30.6 Å². The summed E-state index contributed by atoms with van der Waals surface area (Å²) in [5, 5.41) is 5.32. The molecule has 27 heavy (non-hydrogen) atoms. The van der Waals surface area contributed by atoms with E-state index in [1.54, 1.807) is 24.3 Å². The molecule has 0 aliphatic carbocycles. The number of hydrogen-bond acceptors (Lipinski definition) is 7. The molecule has 0 spiro atoms. The lowest BCUT2D eigenvalue weighted by Crippen LogP contribution is -2.44. The highest BCUT2D eigenvalue weighted by Gasteiger charge is 2.22. The number of anilines is 1. The topological polar surface area (TPSA) is 80.8 Å². The molecule has 2 atom stereocenters. The quantitative estimate of drug-likeness (QED) is 0.792. The van der Waals surface area contributed by atoms with Crippen molar-refractivity contribution in [2.45, 2.75) is 32.6 Å². The summed E-state index contributed by atoms with van der Waals surface area (Å²) in [4.78, 5) is 30.6. The molecule has 144 valence electrons. The van der Waals surface area contributed by atoms with Gasteiger partial charge in [0.1, 0.15) is 0 Å². The van der Waals surface area contributed by atoms with E-state index in [-0.39, 0.29) is 18.1 Å². The normalized spacial score (nSPS) is 20.3. The SMILES string of the molecule is COC(=O)c1ccc(C(=O)Nc2nc(CN3C[C@H](C)O[C@@H](C)C3)cs2)cc1. The zero-order chi connectivity index (χ0) is 19.4. The van der Waals surface area contributed by atoms with Crippen molar-refractivity contribution in [2.24, 2.45) is 0 Å². The maximum absolute atomic E-state index is 12.4. The third-order valence-corrected chi connectivity index (χ3v) is 5.03. The van der Waals surface area contributed by atoms with Crippen molar-refractivity contribution >= 4 is 28.3 Å². The summed E-state index contributed by atoms with van der Waals surface area (Å²) in [7, 11) is 1.32. The molecule has 0 radical (unpaired) electrons. The maximum Gasteiger partial charge on any atom is 0.337 e. The molecule has 8 heteroatoms. The van der Waals surface area contributed by atoms with Gasteiger partial charge in [0.15, 0.2) is 5.13 Å². The molecule has 1 aromatic carbocycles. The van der Waals surface area contributed by atoms with Crippen molar-refractivity contribution in [1.82, 2.24) is 9.88 Å². The van der Waals surface area contributed by atoms with Gasteiger partial charge in [-0.15, -0.1) is 11.3 Å². The lowest BCUT2D eigenvalue weighted by Gasteiger charge is -2.34. The molecule has 0 bridgehead atoms. The van der Waals surface area contributed by atoms with Crippen LogP contribution >= 0.6 is 11.3 Å². The fourth-order valence-electron chi connectivity index (χ4n) is 3.12. The average Bonchev–Trinajstić information content (AvgIpc) is 3.07. The van der Waals surface area contributed by atoms with Crippen LogP contribution in [-0.4, -0.2) is 54.2 Å². The van der Waals surface area contributed by atoms with Crippen molar-refractivity contribution in [3.8, 4) is 0 Å². The lowest BCUT2D eigenvalue weighted by atomic mass is 10.1. The van der Waals surface area contributed by atoms with Crippen LogP contribution in [0.2, 0.25) is 0 Å². The van der Waals surface area contributed by atoms with E-state index in [9.17, 15) is 9.59 Å². The van der Waals surface area contributed by atoms with E-state index in [0.717, 1.165) is 25.3 Å². The van der Waals surface area contributed by atoms with E-state index >= 15 is 0 Å². The van der Waals surface area contributed by atoms with Gasteiger partial charge in [0.2, 0.25) is 0 Å². The molecule has 1 aliphatic rings. The Balaban J connectivity index is 1.58. The summed E-state index contributed by atoms with van der Waals surface area (Å²) >= 11 is 1.40. The summed E-state index contributed by atoms with van der Waals surface area (Å²) in [6.45, 7) is 6.62. The van der Waals surface area contributed by atoms with Gasteiger partial charge in [0, 0.05) is 30.6 Å². The smallest absolute Gasteiger partial charge is 0.337 e. The number of thiazole rings is 1. The summed E-state index contributed by atoms with van der Waals surface area (Å²) in [5.74, 6) is -0.695. The van der Waals surface area contributed by atoms with Crippen molar-refractivity contribution in [3.05, 3.63) is 46.5 Å². The Morgan fingerprint density at radius 1 is 1.22 bits per heavy atom. The summed E-state index contributed by atoms with van der Waals surface area (Å²) < 4.78 is 10.4. The number of rotatable bonds is 5. The number of carbonyl (C=O) groups excluding carboxylic acids is 2. The molecule has 0 saturated carbocycles. The van der Waals surface area contributed by atoms with Crippen molar-refractivity contribution in [1.29, 1.82) is 0 Å². The highest BCUT2D eigenvalue weighted by molar-refractivity contribution is 7.13. The van der Waals surface area contributed by atoms with Crippen molar-refractivity contribution in [2.75, 3.05) is 25.5 Å². The minimum Gasteiger partial charge on any atom is -0.465 e. The largest absolute Gasteiger partial charge is 0.465 e. The highest BCUT2D eigenvalue weighted by atomic mass is 32.1. The van der Waals surface area contributed by atoms with Crippen LogP contribution in [0.3, 0.4) is 0 Å². The van der Waals surface area contributed by atoms with E-state index < -0.39 is 5.97 Å². The molecule has 1 saturated heterocycles. The number of hydrogen-bond donors (Lipinski definition) is 1. The second-order valence-corrected chi connectivity index (χ2v) is 7.48. The standard InChI is InChI=1S/C19H23N3O4S/c1-12-8-22(9-13(2)26-12)10-16-11-27-19(20-16)21-17(23)14-4-6-15(7-5-14)18(24)25-3/h4-7,11-13H,8-10H2,1-3H3,(H,20,21,23)/t12-,13-/m0/s1. The highest BCUT2D eigenvalue weighted by Crippen LogP contribution is 2.20. The van der Waals surface area contributed by atoms with E-state index in [4.69, 9.17) is 4.74 Å². The van der Waals surface area contributed by atoms with Gasteiger partial charge in [-0.1, -0.05) is 0 Å². The lowest BCUT2D eigenvalue weighted by molar-refractivity contribution is -0.0707. The average molecular weight is 389 g/mol. The first-order chi connectivity index (χ1) is 12.9. The number of benzene rings is 1. The number of morpholine rings is 1. The Labute approximate surface area is 162 Å². The van der Waals surface area contributed by atoms with Gasteiger partial charge < -0.3 is 9.47 Å². The first kappa shape index (κ1) is 19.5. The molecule has 1 fully saturated rings. The molecule has 2 aromatic rings. The fourth-order valence-corrected chi connectivity index (χ4v) is 3.82. The first-order valence-corrected chi connectivity index (χ1v) is 9.64. The van der Waals surface area contributed by atoms with Gasteiger partial charge in [-0.05, 0) is 38.1 Å². The summed E-state index contributed by atoms with van der Waals surface area (Å²) in [5.41, 5.74) is 1.78. The molecule has 1 aliphatic heterocycles. The van der Waals surface area contributed by atoms with Gasteiger partial charge in [-0.3, -0.25) is 15.0 Å². The first-order valence-electron chi connectivity index (χ1n) is 8.76. The number of esters is 1. The van der Waals surface area contributed by atoms with E-state index in [2.05, 4.69) is 33.8 Å². The second kappa shape index (κ2) is 8.60. The number of carbonyl (C=O) groups is 2. The molecule has 7 nitrogen and oxygen atoms in total. The van der Waals surface area contributed by atoms with Crippen LogP contribution in [0.15, 0.2) is 29.6 Å². The van der Waals surface area contributed by atoms with Crippen LogP contribution in [0.5, 0.6) is 0 Å². The molecular formula is C19H23N3O4S. The zero-order valence-electron chi connectivity index (χ0n) is 15.6. The molecule has 2 heterocycles. The zero-order valence-corrected chi connectivity index (χ0v) is 16.4. The van der Waals surface area contributed by atoms with Crippen LogP contribution in [-0.2, 0) is 16.0 Å². The fraction of sp³-hybridized carbons (Fsp3) is 0.421. The molecule has 1 amide bonds. The summed E-state index contributed by atoms with van der Waals surface area (Å²) in [6.07, 6.45) is 0.416. The summed E-state index contributed by atoms with van der Waals surface area (Å²) in [6, 6.07) is 6.31. The van der Waals surface area contributed by atoms with Crippen molar-refractivity contribution < 1.29 is 19.1 Å². The van der Waals surface area contributed by atoms with E-state index in [1.165, 1.54) is 18.4 Å². The Bertz CT molecular complexity index is 796. The Kier molecular flexibility index (Phi) is 6.20. The molecular weight excluding hydrogens is 366 g/mol. The molecule has 3 rings (SSSR count). The van der Waals surface area contributed by atoms with E-state index in [1.807, 2.05) is 5.38 Å². The monoisotopic (exact) mass is 389 g/mol. The Morgan fingerprint density at radius 2 is 1.85 bits per heavy atom. The number of methoxy groups -OCH3 is 1. The third kappa shape index (κ3) is 5.12. The van der Waals surface area contributed by atoms with Crippen LogP contribution in [0.1, 0.15) is 40.3 Å². The predicted molar refractivity (Wildman–Crippen MR) is 103 cm³/mol. The number of ether oxygens (including phenoxy) is 2. The predicted octanol–water partition coefficient (Wildman–Crippen LogP) is 2.79. The third-order valence-electron chi connectivity index (χ3n) is 4.22. The number of amides is 1. The molecule has 0 unspecified atom stereocenters. The van der Waals surface area contributed by atoms with Gasteiger partial charge in [-0.2, -0.15) is 0 Å². The van der Waals surface area contributed by atoms with Gasteiger partial charge in [-0.25, -0.2) is 9.78 Å². The maximum atomic E-state index is 12.4. The minimum atomic E-state index is -0.432. The van der Waals surface area contributed by atoms with Gasteiger partial charge in [0.25, 0.3) is 5.91 Å². The number of nitrogens with one attached hydrogen (secondary N) is 1. The van der Waals surface area contributed by atoms with Crippen LogP contribution in [0.25, 0.3) is 0 Å². The second-order valence-electron chi connectivity index (χ2n) is 6.62. The van der Waals surface area contributed by atoms with Crippen LogP contribution in [0.4, 0.5) is 5.13 Å². The Morgan fingerprint density at radius 3 is 2.48 bits per heavy atom. The number of aromatic nitrogens is 1. The molecule has 1 aromatic heterocycles. The Hall–Kier alpha value is -2.29. The van der Waals surface area contributed by atoms with E-state index in [0.29, 0.717) is 16.3 Å². The number of nitrogens with zero attached hydrogens (tertiary/aromatic N) is 2. The van der Waals surface area contributed by atoms with Gasteiger partial charge >= 0.3 is 5.97 Å². The van der Waals surface area contributed by atoms with Crippen LogP contribution in [0, 0.1) is 0 Å². The minimum absolute atomic E-state index is 0.208. The van der Waals surface area contributed by atoms with Crippen molar-refractivity contribution in [3.63, 3.8) is 0 Å². The van der Waals surface area contributed by atoms with Crippen LogP contribution < -0.4 is 5.32 Å².